The molecule has 2 N–H and O–H groups in total. The lowest BCUT2D eigenvalue weighted by molar-refractivity contribution is -0.367. The minimum Gasteiger partial charge on any atom is -0.467 e. The summed E-state index contributed by atoms with van der Waals surface area (Å²) in [5, 5.41) is 6.54. The fourth-order valence-corrected chi connectivity index (χ4v) is 12.9. The largest absolute Gasteiger partial charge is 0.467 e. The second-order valence-corrected chi connectivity index (χ2v) is 25.6. The van der Waals surface area contributed by atoms with Gasteiger partial charge in [-0.25, -0.2) is 28.8 Å². The van der Waals surface area contributed by atoms with E-state index in [0.717, 1.165) is 62.7 Å². The summed E-state index contributed by atoms with van der Waals surface area (Å²) in [5.74, 6) is -14.2. The first kappa shape index (κ1) is 82.7. The first-order valence-electron chi connectivity index (χ1n) is 35.0. The molecule has 6 aromatic rings. The Morgan fingerprint density at radius 1 is 0.321 bits per heavy atom. The van der Waals surface area contributed by atoms with Gasteiger partial charge >= 0.3 is 65.7 Å². The second kappa shape index (κ2) is 38.2. The van der Waals surface area contributed by atoms with Crippen LogP contribution in [-0.4, -0.2) is 228 Å². The van der Waals surface area contributed by atoms with Crippen LogP contribution in [0.2, 0.25) is 0 Å². The molecule has 10 rings (SSSR count). The van der Waals surface area contributed by atoms with Crippen LogP contribution < -0.4 is 15.4 Å². The zero-order valence-corrected chi connectivity index (χ0v) is 61.6. The van der Waals surface area contributed by atoms with Crippen LogP contribution in [-0.2, 0) is 128 Å². The summed E-state index contributed by atoms with van der Waals surface area (Å²) >= 11 is 0. The Labute approximate surface area is 639 Å². The van der Waals surface area contributed by atoms with Gasteiger partial charge in [-0.3, -0.25) is 33.6 Å². The Morgan fingerprint density at radius 3 is 1.15 bits per heavy atom. The lowest BCUT2D eigenvalue weighted by Gasteiger charge is -2.51. The van der Waals surface area contributed by atoms with Gasteiger partial charge in [-0.15, -0.1) is 0 Å². The monoisotopic (exact) mass is 1560 g/mol. The molecule has 2 amide bonds. The number of esters is 11. The summed E-state index contributed by atoms with van der Waals surface area (Å²) < 4.78 is 118. The minimum absolute atomic E-state index is 0.0573. The molecule has 20 atom stereocenters. The molecule has 112 heavy (non-hydrogen) atoms. The maximum atomic E-state index is 15.2. The van der Waals surface area contributed by atoms with Crippen LogP contribution in [0.25, 0.3) is 10.8 Å². The van der Waals surface area contributed by atoms with E-state index in [2.05, 4.69) is 10.6 Å². The standard InChI is InChI=1S/C78H80N2O32/c1-39(81)79-55-60(58(105-70(89)48-28-16-11-17-29-48)54(38-97-69(88)47-26-14-10-15-27-47)103-75(55)102-52-36-24-34-46-25-22-23-35-51(46)52)109-78-68(107-72(91)50-32-20-13-21-33-50)64(106-71(90)49-30-18-12-19-31-49)62(66(112-78)74(93)95-9)110-76-56(80-40(2)82)59(57(98-42(4)84)53(104-76)37-96-41(3)83)108-77-67(101-45(7)87)63(100-44(6)86)61(99-43(5)85)65(111-77)73(92)94-8/h10-36,53-68,75-78H,37-38H2,1-9H3,(H,79,81)(H,80,82)/t53-,54-,55-,56-,57+,58+,59-,60-,61+,62+,63+,64+,65+,66+,67-,68-,75-,76+,77-,78-/m1/s1. The summed E-state index contributed by atoms with van der Waals surface area (Å²) in [6, 6.07) is 37.7. The smallest absolute Gasteiger partial charge is 0.339 e. The van der Waals surface area contributed by atoms with Gasteiger partial charge < -0.3 is 101 Å². The molecule has 4 saturated heterocycles. The number of nitrogens with one attached hydrogen (secondary N) is 2. The SMILES string of the molecule is COC(=O)[C@H]1O[C@@H](O[C@@H]2[C@@H](NC(C)=O)[C@H](O[C@H]3[C@H](OC(=O)c4ccccc4)[C@@H](OC(=O)c4ccccc4)[C@H](O[C@@H]4[C@@H](NC(C)=O)[C@H](Oc5cccc6ccccc56)O[C@H](COC(=O)c5ccccc5)[C@@H]4OC(=O)c4ccccc4)O[C@@H]3C(=O)OC)O[C@H](COC(C)=O)[C@@H]2OC(C)=O)[C@H](OC(C)=O)[C@@H](OC(C)=O)[C@@H]1OC(C)=O. The first-order chi connectivity index (χ1) is 53.7. The van der Waals surface area contributed by atoms with Crippen LogP contribution in [0.3, 0.4) is 0 Å². The number of amides is 2. The molecular weight excluding hydrogens is 1480 g/mol. The van der Waals surface area contributed by atoms with Crippen LogP contribution >= 0.6 is 0 Å². The van der Waals surface area contributed by atoms with E-state index in [-0.39, 0.29) is 28.0 Å². The van der Waals surface area contributed by atoms with Crippen molar-refractivity contribution in [2.45, 2.75) is 171 Å². The number of benzene rings is 6. The van der Waals surface area contributed by atoms with Gasteiger partial charge in [0.05, 0.1) is 36.5 Å². The van der Waals surface area contributed by atoms with Gasteiger partial charge in [0, 0.05) is 53.9 Å². The van der Waals surface area contributed by atoms with Crippen molar-refractivity contribution in [1.29, 1.82) is 0 Å². The Bertz CT molecular complexity index is 4360. The van der Waals surface area contributed by atoms with Crippen molar-refractivity contribution in [3.63, 3.8) is 0 Å². The number of rotatable bonds is 27. The quantitative estimate of drug-likeness (QED) is 0.0531. The summed E-state index contributed by atoms with van der Waals surface area (Å²) in [6.45, 7) is 5.03. The highest BCUT2D eigenvalue weighted by atomic mass is 16.8. The predicted octanol–water partition coefficient (Wildman–Crippen LogP) is 4.45. The Balaban J connectivity index is 1.18. The summed E-state index contributed by atoms with van der Waals surface area (Å²) in [6.07, 6.45) is -38.3. The van der Waals surface area contributed by atoms with E-state index in [1.165, 1.54) is 84.9 Å². The van der Waals surface area contributed by atoms with E-state index >= 15 is 14.4 Å². The Kier molecular flexibility index (Phi) is 28.2. The third-order valence-corrected chi connectivity index (χ3v) is 17.6. The highest BCUT2D eigenvalue weighted by molar-refractivity contribution is 5.92. The molecule has 0 saturated carbocycles. The van der Waals surface area contributed by atoms with E-state index in [1.807, 2.05) is 0 Å². The lowest BCUT2D eigenvalue weighted by Crippen LogP contribution is -2.72. The van der Waals surface area contributed by atoms with Crippen molar-refractivity contribution >= 4 is 88.2 Å². The molecule has 34 nitrogen and oxygen atoms in total. The summed E-state index contributed by atoms with van der Waals surface area (Å²) in [7, 11) is 1.81. The van der Waals surface area contributed by atoms with Gasteiger partial charge in [-0.1, -0.05) is 109 Å². The number of methoxy groups -OCH3 is 2. The third kappa shape index (κ3) is 20.8. The molecule has 4 fully saturated rings. The van der Waals surface area contributed by atoms with E-state index in [0.29, 0.717) is 10.8 Å². The average Bonchev–Trinajstić information content (AvgIpc) is 0.752. The molecule has 0 aliphatic carbocycles. The van der Waals surface area contributed by atoms with Gasteiger partial charge in [0.2, 0.25) is 18.1 Å². The Hall–Kier alpha value is -11.8. The topological polar surface area (TPSA) is 421 Å². The van der Waals surface area contributed by atoms with Gasteiger partial charge in [-0.2, -0.15) is 0 Å². The van der Waals surface area contributed by atoms with Gasteiger partial charge in [0.25, 0.3) is 0 Å². The molecule has 594 valence electrons. The molecule has 6 aromatic carbocycles. The highest BCUT2D eigenvalue weighted by Crippen LogP contribution is 2.41. The van der Waals surface area contributed by atoms with Crippen molar-refractivity contribution in [3.05, 3.63) is 186 Å². The molecule has 0 unspecified atom stereocenters. The number of hydrogen-bond acceptors (Lipinski definition) is 32. The number of carbonyl (C=O) groups excluding carboxylic acids is 13. The van der Waals surface area contributed by atoms with Crippen LogP contribution in [0, 0.1) is 0 Å². The highest BCUT2D eigenvalue weighted by Gasteiger charge is 2.63. The molecule has 4 heterocycles. The zero-order chi connectivity index (χ0) is 80.4. The average molecular weight is 1560 g/mol. The van der Waals surface area contributed by atoms with Crippen molar-refractivity contribution in [3.8, 4) is 5.75 Å². The van der Waals surface area contributed by atoms with Crippen LogP contribution in [0.4, 0.5) is 0 Å². The summed E-state index contributed by atoms with van der Waals surface area (Å²) in [4.78, 5) is 182. The molecule has 0 radical (unpaired) electrons. The zero-order valence-electron chi connectivity index (χ0n) is 61.6. The second-order valence-electron chi connectivity index (χ2n) is 25.6. The number of hydrogen-bond donors (Lipinski definition) is 2. The lowest BCUT2D eigenvalue weighted by atomic mass is 9.93. The third-order valence-electron chi connectivity index (χ3n) is 17.6. The molecule has 0 spiro atoms. The maximum Gasteiger partial charge on any atom is 0.339 e. The van der Waals surface area contributed by atoms with Gasteiger partial charge in [-0.05, 0) is 60.0 Å². The molecule has 4 aliphatic rings. The first-order valence-corrected chi connectivity index (χ1v) is 35.0. The normalized spacial score (nSPS) is 27.3. The van der Waals surface area contributed by atoms with Crippen molar-refractivity contribution in [2.24, 2.45) is 0 Å². The molecule has 4 aliphatic heterocycles. The van der Waals surface area contributed by atoms with E-state index in [1.54, 1.807) is 78.9 Å². The Morgan fingerprint density at radius 2 is 0.679 bits per heavy atom. The van der Waals surface area contributed by atoms with E-state index < -0.39 is 213 Å². The van der Waals surface area contributed by atoms with Crippen molar-refractivity contribution in [2.75, 3.05) is 27.4 Å². The summed E-state index contributed by atoms with van der Waals surface area (Å²) in [5.41, 5.74) is -0.374. The minimum atomic E-state index is -2.43. The van der Waals surface area contributed by atoms with Crippen LogP contribution in [0.5, 0.6) is 5.75 Å². The number of ether oxygens (including phenoxy) is 19. The predicted molar refractivity (Wildman–Crippen MR) is 376 cm³/mol. The van der Waals surface area contributed by atoms with Crippen molar-refractivity contribution in [1.82, 2.24) is 10.6 Å². The number of fused-ring (bicyclic) bond motifs is 1. The van der Waals surface area contributed by atoms with Crippen molar-refractivity contribution < 1.29 is 152 Å². The molecular formula is C78H80N2O32. The molecule has 0 bridgehead atoms. The fraction of sp³-hybridized carbons (Fsp3) is 0.397. The fourth-order valence-electron chi connectivity index (χ4n) is 12.9. The van der Waals surface area contributed by atoms with Crippen LogP contribution in [0.1, 0.15) is 89.9 Å². The molecule has 0 aromatic heterocycles. The van der Waals surface area contributed by atoms with Gasteiger partial charge in [0.15, 0.2) is 73.8 Å². The van der Waals surface area contributed by atoms with E-state index in [9.17, 15) is 47.9 Å². The maximum absolute atomic E-state index is 15.2. The molecule has 34 heteroatoms. The number of carbonyl (C=O) groups is 13. The van der Waals surface area contributed by atoms with Crippen LogP contribution in [0.15, 0.2) is 164 Å². The van der Waals surface area contributed by atoms with Gasteiger partial charge in [0.1, 0.15) is 61.6 Å². The van der Waals surface area contributed by atoms with E-state index in [4.69, 9.17) is 90.0 Å².